The molecule has 1 heterocycles. The molecule has 0 N–H and O–H groups in total. The van der Waals surface area contributed by atoms with Gasteiger partial charge in [-0.3, -0.25) is 0 Å². The third-order valence-corrected chi connectivity index (χ3v) is 0.622. The van der Waals surface area contributed by atoms with Crippen LogP contribution in [0.3, 0.4) is 0 Å². The Morgan fingerprint density at radius 3 is 2.14 bits per heavy atom. The molecule has 1 aromatic rings. The van der Waals surface area contributed by atoms with Gasteiger partial charge in [0.1, 0.15) is 0 Å². The molecule has 0 radical (unpaired) electrons. The zero-order chi connectivity index (χ0) is 5.11. The fourth-order valence-corrected chi connectivity index (χ4v) is 0.297. The quantitative estimate of drug-likeness (QED) is 0.368. The molecule has 0 amide bonds. The molecule has 0 saturated heterocycles. The predicted octanol–water partition coefficient (Wildman–Crippen LogP) is -1.33. The first-order valence-corrected chi connectivity index (χ1v) is 1.98. The van der Waals surface area contributed by atoms with E-state index in [1.54, 1.807) is 0 Å². The van der Waals surface area contributed by atoms with Gasteiger partial charge in [0, 0.05) is 0 Å². The third-order valence-electron chi connectivity index (χ3n) is 0.622. The maximum atomic E-state index is 3.76. The van der Waals surface area contributed by atoms with Gasteiger partial charge in [-0.25, -0.2) is 0 Å². The Hall–Kier alpha value is -0.393. The normalized spacial score (nSPS) is 8.86. The average molecular weight is 87.0 g/mol. The second-order valence-electron chi connectivity index (χ2n) is 1.19. The van der Waals surface area contributed by atoms with Crippen LogP contribution in [0, 0.1) is 0 Å². The zero-order valence-electron chi connectivity index (χ0n) is 4.00. The van der Waals surface area contributed by atoms with Crippen molar-refractivity contribution in [3.8, 4) is 0 Å². The monoisotopic (exact) mass is 87.0 g/mol. The summed E-state index contributed by atoms with van der Waals surface area (Å²) in [5.74, 6) is 0. The first kappa shape index (κ1) is 4.76. The van der Waals surface area contributed by atoms with Crippen molar-refractivity contribution in [2.45, 2.75) is 0 Å². The average Bonchev–Trinajstić information content (AvgIpc) is 1.69. The van der Waals surface area contributed by atoms with Gasteiger partial charge in [-0.15, -0.1) is 0 Å². The van der Waals surface area contributed by atoms with Crippen LogP contribution in [-0.2, 0) is 0 Å². The van der Waals surface area contributed by atoms with Crippen LogP contribution >= 0.6 is 0 Å². The van der Waals surface area contributed by atoms with Gasteiger partial charge >= 0.3 is 49.8 Å². The maximum absolute atomic E-state index is 3.76. The summed E-state index contributed by atoms with van der Waals surface area (Å²) >= 11 is 1.82. The Morgan fingerprint density at radius 1 is 1.29 bits per heavy atom. The van der Waals surface area contributed by atoms with Gasteiger partial charge in [-0.2, -0.15) is 0 Å². The van der Waals surface area contributed by atoms with Crippen LogP contribution in [0.25, 0.3) is 0 Å². The molecule has 3 nitrogen and oxygen atoms in total. The molecule has 0 saturated carbocycles. The van der Waals surface area contributed by atoms with Crippen LogP contribution < -0.4 is 4.50 Å². The molecule has 1 aromatic heterocycles. The van der Waals surface area contributed by atoms with E-state index in [4.69, 9.17) is 0 Å². The summed E-state index contributed by atoms with van der Waals surface area (Å²) < 4.78 is 0.759. The molecule has 4 heteroatoms. The van der Waals surface area contributed by atoms with E-state index in [1.165, 1.54) is 12.7 Å². The first-order chi connectivity index (χ1) is 3.39. The fourth-order valence-electron chi connectivity index (χ4n) is 0.297. The fraction of sp³-hybridized carbons (Fsp3) is 0. The molecule has 0 atom stereocenters. The summed E-state index contributed by atoms with van der Waals surface area (Å²) in [5.41, 5.74) is 0. The molecular formula is C3H2LiN3. The van der Waals surface area contributed by atoms with E-state index >= 15 is 0 Å². The molecule has 0 fully saturated rings. The molecule has 0 unspecified atom stereocenters. The Balaban J connectivity index is 3.02. The predicted molar refractivity (Wildman–Crippen MR) is 25.2 cm³/mol. The van der Waals surface area contributed by atoms with Crippen molar-refractivity contribution >= 4 is 22.2 Å². The van der Waals surface area contributed by atoms with Crippen LogP contribution in [0.15, 0.2) is 12.7 Å². The summed E-state index contributed by atoms with van der Waals surface area (Å²) in [6.45, 7) is 0. The van der Waals surface area contributed by atoms with Crippen molar-refractivity contribution in [2.75, 3.05) is 0 Å². The Morgan fingerprint density at radius 2 is 1.86 bits per heavy atom. The van der Waals surface area contributed by atoms with Crippen LogP contribution in [-0.4, -0.2) is 32.7 Å². The van der Waals surface area contributed by atoms with Gasteiger partial charge in [-0.1, -0.05) is 0 Å². The van der Waals surface area contributed by atoms with E-state index in [0.29, 0.717) is 0 Å². The van der Waals surface area contributed by atoms with Crippen molar-refractivity contribution in [3.63, 3.8) is 0 Å². The van der Waals surface area contributed by atoms with E-state index in [9.17, 15) is 0 Å². The number of hydrogen-bond acceptors (Lipinski definition) is 3. The summed E-state index contributed by atoms with van der Waals surface area (Å²) in [5, 5.41) is 0. The Kier molecular flexibility index (Phi) is 1.40. The molecule has 0 aromatic carbocycles. The van der Waals surface area contributed by atoms with Crippen molar-refractivity contribution in [1.29, 1.82) is 0 Å². The minimum atomic E-state index is 0.759. The van der Waals surface area contributed by atoms with Gasteiger partial charge < -0.3 is 0 Å². The first-order valence-electron chi connectivity index (χ1n) is 1.98. The SMILES string of the molecule is [Li][c]1ncncn1. The van der Waals surface area contributed by atoms with Crippen molar-refractivity contribution in [1.82, 2.24) is 15.0 Å². The van der Waals surface area contributed by atoms with Crippen LogP contribution in [0.4, 0.5) is 0 Å². The standard InChI is InChI=1S/C3H2N3.Li/c1-4-2-6-3-5-1;/h1-2H;. The van der Waals surface area contributed by atoms with E-state index in [-0.39, 0.29) is 0 Å². The molecule has 0 aliphatic heterocycles. The summed E-state index contributed by atoms with van der Waals surface area (Å²) in [4.78, 5) is 11.1. The molecule has 0 spiro atoms. The van der Waals surface area contributed by atoms with Gasteiger partial charge in [0.05, 0.1) is 0 Å². The molecule has 0 aliphatic carbocycles. The molecule has 30 valence electrons. The molecule has 1 rings (SSSR count). The van der Waals surface area contributed by atoms with Crippen molar-refractivity contribution < 1.29 is 0 Å². The van der Waals surface area contributed by atoms with Gasteiger partial charge in [0.2, 0.25) is 0 Å². The second-order valence-corrected chi connectivity index (χ2v) is 1.19. The van der Waals surface area contributed by atoms with Gasteiger partial charge in [0.15, 0.2) is 0 Å². The molecule has 0 bridgehead atoms. The Labute approximate surface area is 50.4 Å². The Bertz CT molecular complexity index is 140. The van der Waals surface area contributed by atoms with E-state index in [0.717, 1.165) is 4.50 Å². The third kappa shape index (κ3) is 1.26. The molecule has 7 heavy (non-hydrogen) atoms. The number of rotatable bonds is 0. The summed E-state index contributed by atoms with van der Waals surface area (Å²) in [7, 11) is 0. The summed E-state index contributed by atoms with van der Waals surface area (Å²) in [6, 6.07) is 0. The van der Waals surface area contributed by atoms with Crippen LogP contribution in [0.2, 0.25) is 0 Å². The van der Waals surface area contributed by atoms with Gasteiger partial charge in [0.25, 0.3) is 0 Å². The summed E-state index contributed by atoms with van der Waals surface area (Å²) in [6.07, 6.45) is 2.95. The number of hydrogen-bond donors (Lipinski definition) is 0. The topological polar surface area (TPSA) is 38.7 Å². The molecular weight excluding hydrogens is 85.0 g/mol. The van der Waals surface area contributed by atoms with Crippen molar-refractivity contribution in [2.24, 2.45) is 0 Å². The van der Waals surface area contributed by atoms with Crippen molar-refractivity contribution in [3.05, 3.63) is 12.7 Å². The van der Waals surface area contributed by atoms with Gasteiger partial charge in [-0.05, 0) is 0 Å². The van der Waals surface area contributed by atoms with E-state index < -0.39 is 0 Å². The number of aromatic nitrogens is 3. The zero-order valence-corrected chi connectivity index (χ0v) is 4.00. The second kappa shape index (κ2) is 2.06. The van der Waals surface area contributed by atoms with E-state index in [1.807, 2.05) is 17.7 Å². The minimum absolute atomic E-state index is 0.759. The van der Waals surface area contributed by atoms with Crippen LogP contribution in [0.1, 0.15) is 0 Å². The number of nitrogens with zero attached hydrogens (tertiary/aromatic N) is 3. The van der Waals surface area contributed by atoms with E-state index in [2.05, 4.69) is 15.0 Å². The molecule has 0 aliphatic rings. The van der Waals surface area contributed by atoms with Crippen LogP contribution in [0.5, 0.6) is 0 Å².